The molecule has 0 unspecified atom stereocenters. The molecule has 1 aromatic carbocycles. The fourth-order valence-corrected chi connectivity index (χ4v) is 2.29. The molecule has 1 aliphatic rings. The van der Waals surface area contributed by atoms with E-state index in [1.165, 1.54) is 12.0 Å². The molecule has 0 atom stereocenters. The Bertz CT molecular complexity index is 517. The molecule has 0 aliphatic carbocycles. The van der Waals surface area contributed by atoms with Gasteiger partial charge in [-0.25, -0.2) is 13.6 Å². The van der Waals surface area contributed by atoms with Crippen molar-refractivity contribution in [3.8, 4) is 5.75 Å². The normalized spacial score (nSPS) is 15.9. The minimum atomic E-state index is -0.758. The summed E-state index contributed by atoms with van der Waals surface area (Å²) in [5.74, 6) is -1.52. The van der Waals surface area contributed by atoms with Crippen molar-refractivity contribution in [2.75, 3.05) is 32.1 Å². The summed E-state index contributed by atoms with van der Waals surface area (Å²) in [6.07, 6.45) is 1.40. The van der Waals surface area contributed by atoms with Crippen LogP contribution in [0.1, 0.15) is 12.8 Å². The summed E-state index contributed by atoms with van der Waals surface area (Å²) in [6.45, 7) is 1.07. The maximum Gasteiger partial charge on any atom is 0.321 e. The number of nitrogens with zero attached hydrogens (tertiary/aromatic N) is 1. The SMILES string of the molecule is COc1cc(F)c(NC(=O)N2CCC(CO)CC2)cc1F. The molecule has 0 aromatic heterocycles. The van der Waals surface area contributed by atoms with E-state index >= 15 is 0 Å². The van der Waals surface area contributed by atoms with Gasteiger partial charge in [0.05, 0.1) is 12.8 Å². The summed E-state index contributed by atoms with van der Waals surface area (Å²) < 4.78 is 31.9. The van der Waals surface area contributed by atoms with Crippen molar-refractivity contribution in [3.05, 3.63) is 23.8 Å². The number of urea groups is 1. The maximum atomic E-state index is 13.7. The third-order valence-electron chi connectivity index (χ3n) is 3.64. The van der Waals surface area contributed by atoms with Gasteiger partial charge in [0, 0.05) is 31.8 Å². The van der Waals surface area contributed by atoms with E-state index in [2.05, 4.69) is 10.1 Å². The Morgan fingerprint density at radius 2 is 2.05 bits per heavy atom. The van der Waals surface area contributed by atoms with Crippen LogP contribution in [0.2, 0.25) is 0 Å². The monoisotopic (exact) mass is 300 g/mol. The van der Waals surface area contributed by atoms with Crippen molar-refractivity contribution in [3.63, 3.8) is 0 Å². The van der Waals surface area contributed by atoms with Gasteiger partial charge in [-0.1, -0.05) is 0 Å². The fraction of sp³-hybridized carbons (Fsp3) is 0.500. The molecule has 0 radical (unpaired) electrons. The number of likely N-dealkylation sites (tertiary alicyclic amines) is 1. The zero-order valence-corrected chi connectivity index (χ0v) is 11.7. The maximum absolute atomic E-state index is 13.7. The van der Waals surface area contributed by atoms with Gasteiger partial charge in [0.25, 0.3) is 0 Å². The number of anilines is 1. The van der Waals surface area contributed by atoms with Gasteiger partial charge in [-0.2, -0.15) is 0 Å². The number of halogens is 2. The lowest BCUT2D eigenvalue weighted by Crippen LogP contribution is -2.41. The van der Waals surface area contributed by atoms with E-state index in [4.69, 9.17) is 5.11 Å². The standard InChI is InChI=1S/C14H18F2N2O3/c1-21-13-7-10(15)12(6-11(13)16)17-14(20)18-4-2-9(8-19)3-5-18/h6-7,9,19H,2-5,8H2,1H3,(H,17,20). The number of carbonyl (C=O) groups is 1. The van der Waals surface area contributed by atoms with Crippen LogP contribution in [0.3, 0.4) is 0 Å². The molecule has 0 spiro atoms. The zero-order chi connectivity index (χ0) is 15.4. The van der Waals surface area contributed by atoms with Gasteiger partial charge in [-0.3, -0.25) is 0 Å². The van der Waals surface area contributed by atoms with Crippen molar-refractivity contribution >= 4 is 11.7 Å². The Morgan fingerprint density at radius 1 is 1.38 bits per heavy atom. The number of hydrogen-bond acceptors (Lipinski definition) is 3. The lowest BCUT2D eigenvalue weighted by Gasteiger charge is -2.31. The van der Waals surface area contributed by atoms with Gasteiger partial charge >= 0.3 is 6.03 Å². The number of aliphatic hydroxyl groups excluding tert-OH is 1. The molecule has 2 amide bonds. The molecule has 2 rings (SSSR count). The van der Waals surface area contributed by atoms with Crippen molar-refractivity contribution < 1.29 is 23.4 Å². The highest BCUT2D eigenvalue weighted by atomic mass is 19.1. The minimum Gasteiger partial charge on any atom is -0.494 e. The average molecular weight is 300 g/mol. The molecule has 7 heteroatoms. The van der Waals surface area contributed by atoms with Gasteiger partial charge in [0.2, 0.25) is 0 Å². The molecule has 21 heavy (non-hydrogen) atoms. The van der Waals surface area contributed by atoms with E-state index in [0.717, 1.165) is 12.1 Å². The Labute approximate surface area is 121 Å². The first-order valence-electron chi connectivity index (χ1n) is 6.75. The van der Waals surface area contributed by atoms with Crippen LogP contribution in [0.5, 0.6) is 5.75 Å². The third-order valence-corrected chi connectivity index (χ3v) is 3.64. The second-order valence-corrected chi connectivity index (χ2v) is 5.01. The number of aliphatic hydroxyl groups is 1. The molecule has 1 heterocycles. The van der Waals surface area contributed by atoms with Gasteiger partial charge in [0.1, 0.15) is 0 Å². The predicted molar refractivity (Wildman–Crippen MR) is 73.3 cm³/mol. The number of rotatable bonds is 3. The Morgan fingerprint density at radius 3 is 2.62 bits per heavy atom. The van der Waals surface area contributed by atoms with Crippen LogP contribution < -0.4 is 10.1 Å². The van der Waals surface area contributed by atoms with Crippen molar-refractivity contribution in [1.82, 2.24) is 4.90 Å². The van der Waals surface area contributed by atoms with Crippen molar-refractivity contribution in [2.45, 2.75) is 12.8 Å². The van der Waals surface area contributed by atoms with Crippen LogP contribution in [0.15, 0.2) is 12.1 Å². The Balaban J connectivity index is 2.01. The first-order chi connectivity index (χ1) is 10.0. The first-order valence-corrected chi connectivity index (χ1v) is 6.75. The van der Waals surface area contributed by atoms with Crippen molar-refractivity contribution in [1.29, 1.82) is 0 Å². The van der Waals surface area contributed by atoms with Crippen LogP contribution in [0, 0.1) is 17.6 Å². The summed E-state index contributed by atoms with van der Waals surface area (Å²) in [7, 11) is 1.24. The number of piperidine rings is 1. The summed E-state index contributed by atoms with van der Waals surface area (Å²) in [5, 5.41) is 11.4. The first kappa shape index (κ1) is 15.5. The summed E-state index contributed by atoms with van der Waals surface area (Å²) in [5.41, 5.74) is -0.220. The number of benzene rings is 1. The van der Waals surface area contributed by atoms with Gasteiger partial charge in [0.15, 0.2) is 17.4 Å². The van der Waals surface area contributed by atoms with Crippen LogP contribution in [-0.2, 0) is 0 Å². The van der Waals surface area contributed by atoms with Crippen LogP contribution in [0.25, 0.3) is 0 Å². The van der Waals surface area contributed by atoms with E-state index in [-0.39, 0.29) is 24.0 Å². The van der Waals surface area contributed by atoms with Crippen LogP contribution in [-0.4, -0.2) is 42.8 Å². The number of amides is 2. The lowest BCUT2D eigenvalue weighted by atomic mass is 9.98. The quantitative estimate of drug-likeness (QED) is 0.899. The second-order valence-electron chi connectivity index (χ2n) is 5.01. The molecule has 0 saturated carbocycles. The number of nitrogens with one attached hydrogen (secondary N) is 1. The van der Waals surface area contributed by atoms with Crippen LogP contribution in [0.4, 0.5) is 19.3 Å². The largest absolute Gasteiger partial charge is 0.494 e. The van der Waals surface area contributed by atoms with Crippen molar-refractivity contribution in [2.24, 2.45) is 5.92 Å². The van der Waals surface area contributed by atoms with E-state index in [9.17, 15) is 13.6 Å². The highest BCUT2D eigenvalue weighted by Gasteiger charge is 2.23. The molecule has 2 N–H and O–H groups in total. The van der Waals surface area contributed by atoms with E-state index in [0.29, 0.717) is 25.9 Å². The third kappa shape index (κ3) is 3.60. The van der Waals surface area contributed by atoms with Gasteiger partial charge in [-0.15, -0.1) is 0 Å². The molecule has 1 aromatic rings. The Hall–Kier alpha value is -1.89. The number of hydrogen-bond donors (Lipinski definition) is 2. The second kappa shape index (κ2) is 6.71. The van der Waals surface area contributed by atoms with Crippen LogP contribution >= 0.6 is 0 Å². The zero-order valence-electron chi connectivity index (χ0n) is 11.7. The fourth-order valence-electron chi connectivity index (χ4n) is 2.29. The number of carbonyl (C=O) groups excluding carboxylic acids is 1. The molecular formula is C14H18F2N2O3. The molecule has 116 valence electrons. The Kier molecular flexibility index (Phi) is 4.95. The average Bonchev–Trinajstić information content (AvgIpc) is 2.50. The topological polar surface area (TPSA) is 61.8 Å². The molecule has 5 nitrogen and oxygen atoms in total. The summed E-state index contributed by atoms with van der Waals surface area (Å²) in [4.78, 5) is 13.5. The molecular weight excluding hydrogens is 282 g/mol. The highest BCUT2D eigenvalue weighted by Crippen LogP contribution is 2.25. The smallest absolute Gasteiger partial charge is 0.321 e. The lowest BCUT2D eigenvalue weighted by molar-refractivity contribution is 0.143. The predicted octanol–water partition coefficient (Wildman–Crippen LogP) is 2.21. The molecule has 1 saturated heterocycles. The van der Waals surface area contributed by atoms with E-state index in [1.807, 2.05) is 0 Å². The highest BCUT2D eigenvalue weighted by molar-refractivity contribution is 5.89. The molecule has 1 aliphatic heterocycles. The summed E-state index contributed by atoms with van der Waals surface area (Å²) in [6, 6.07) is 1.31. The van der Waals surface area contributed by atoms with Gasteiger partial charge < -0.3 is 20.1 Å². The minimum absolute atomic E-state index is 0.105. The molecule has 0 bridgehead atoms. The molecule has 1 fully saturated rings. The van der Waals surface area contributed by atoms with Gasteiger partial charge in [-0.05, 0) is 18.8 Å². The van der Waals surface area contributed by atoms with E-state index in [1.54, 1.807) is 0 Å². The van der Waals surface area contributed by atoms with E-state index < -0.39 is 17.7 Å². The summed E-state index contributed by atoms with van der Waals surface area (Å²) >= 11 is 0. The number of ether oxygens (including phenoxy) is 1. The number of methoxy groups -OCH3 is 1.